The molecule has 0 aliphatic carbocycles. The molecule has 0 rings (SSSR count). The summed E-state index contributed by atoms with van der Waals surface area (Å²) in [7, 11) is 0. The Balaban J connectivity index is 3.17. The van der Waals surface area contributed by atoms with Gasteiger partial charge in [-0.1, -0.05) is 20.3 Å². The Labute approximate surface area is 92.0 Å². The molecule has 0 aromatic rings. The Morgan fingerprint density at radius 3 is 2.69 bits per heavy atom. The van der Waals surface area contributed by atoms with Crippen molar-refractivity contribution in [3.05, 3.63) is 0 Å². The maximum Gasteiger partial charge on any atom is 0.0226 e. The second-order valence-corrected chi connectivity index (χ2v) is 4.92. The Morgan fingerprint density at radius 2 is 2.15 bits per heavy atom. The summed E-state index contributed by atoms with van der Waals surface area (Å²) in [6, 6.07) is 0. The summed E-state index contributed by atoms with van der Waals surface area (Å²) in [5, 5.41) is 3.48. The monoisotopic (exact) mass is 223 g/mol. The lowest BCUT2D eigenvalue weighted by molar-refractivity contribution is 0.459. The molecule has 1 N–H and O–H groups in total. The minimum absolute atomic E-state index is 0.768. The predicted octanol–water partition coefficient (Wildman–Crippen LogP) is 2.98. The molecule has 0 bridgehead atoms. The van der Waals surface area contributed by atoms with E-state index in [1.807, 2.05) is 11.8 Å². The maximum absolute atomic E-state index is 5.71. The lowest BCUT2D eigenvalue weighted by atomic mass is 10.0. The summed E-state index contributed by atoms with van der Waals surface area (Å²) in [5.74, 6) is 4.02. The van der Waals surface area contributed by atoms with Crippen molar-refractivity contribution < 1.29 is 0 Å². The van der Waals surface area contributed by atoms with Gasteiger partial charge in [-0.3, -0.25) is 0 Å². The van der Waals surface area contributed by atoms with Gasteiger partial charge in [0.15, 0.2) is 0 Å². The molecule has 0 saturated carbocycles. The SMILES string of the molecule is CCSCCNCC(CC)CCCl. The first-order chi connectivity index (χ1) is 6.35. The topological polar surface area (TPSA) is 12.0 Å². The minimum Gasteiger partial charge on any atom is -0.316 e. The number of nitrogens with one attached hydrogen (secondary N) is 1. The predicted molar refractivity (Wildman–Crippen MR) is 65.0 cm³/mol. The van der Waals surface area contributed by atoms with E-state index in [2.05, 4.69) is 19.2 Å². The van der Waals surface area contributed by atoms with Gasteiger partial charge in [0.05, 0.1) is 0 Å². The molecule has 1 nitrogen and oxygen atoms in total. The van der Waals surface area contributed by atoms with Crippen LogP contribution in [0.1, 0.15) is 26.7 Å². The van der Waals surface area contributed by atoms with Crippen molar-refractivity contribution in [2.75, 3.05) is 30.5 Å². The van der Waals surface area contributed by atoms with Gasteiger partial charge in [-0.2, -0.15) is 11.8 Å². The van der Waals surface area contributed by atoms with Gasteiger partial charge in [0.1, 0.15) is 0 Å². The van der Waals surface area contributed by atoms with Crippen LogP contribution >= 0.6 is 23.4 Å². The molecule has 0 amide bonds. The van der Waals surface area contributed by atoms with Gasteiger partial charge in [0, 0.05) is 18.2 Å². The molecule has 1 unspecified atom stereocenters. The summed E-state index contributed by atoms with van der Waals surface area (Å²) in [6.07, 6.45) is 2.38. The molecule has 13 heavy (non-hydrogen) atoms. The van der Waals surface area contributed by atoms with Crippen LogP contribution in [0.3, 0.4) is 0 Å². The lowest BCUT2D eigenvalue weighted by Crippen LogP contribution is -2.25. The van der Waals surface area contributed by atoms with Crippen LogP contribution in [-0.2, 0) is 0 Å². The molecule has 0 heterocycles. The number of thioether (sulfide) groups is 1. The van der Waals surface area contributed by atoms with Gasteiger partial charge in [0.25, 0.3) is 0 Å². The molecule has 0 aromatic carbocycles. The summed E-state index contributed by atoms with van der Waals surface area (Å²) >= 11 is 7.70. The van der Waals surface area contributed by atoms with Crippen molar-refractivity contribution in [1.29, 1.82) is 0 Å². The van der Waals surface area contributed by atoms with E-state index in [1.54, 1.807) is 0 Å². The molecule has 0 aromatic heterocycles. The Kier molecular flexibility index (Phi) is 11.2. The highest BCUT2D eigenvalue weighted by Gasteiger charge is 2.03. The average molecular weight is 224 g/mol. The third-order valence-electron chi connectivity index (χ3n) is 2.16. The minimum atomic E-state index is 0.768. The highest BCUT2D eigenvalue weighted by molar-refractivity contribution is 7.99. The van der Waals surface area contributed by atoms with Crippen molar-refractivity contribution in [2.45, 2.75) is 26.7 Å². The van der Waals surface area contributed by atoms with Crippen LogP contribution in [0.2, 0.25) is 0 Å². The molecule has 0 aliphatic rings. The molecular formula is C10H22ClNS. The molecular weight excluding hydrogens is 202 g/mol. The van der Waals surface area contributed by atoms with Gasteiger partial charge in [-0.15, -0.1) is 11.6 Å². The van der Waals surface area contributed by atoms with Gasteiger partial charge < -0.3 is 5.32 Å². The fourth-order valence-electron chi connectivity index (χ4n) is 1.20. The van der Waals surface area contributed by atoms with Crippen LogP contribution in [0.25, 0.3) is 0 Å². The molecule has 0 aliphatic heterocycles. The lowest BCUT2D eigenvalue weighted by Gasteiger charge is -2.13. The van der Waals surface area contributed by atoms with Gasteiger partial charge in [-0.25, -0.2) is 0 Å². The Hall–Kier alpha value is 0.600. The zero-order valence-corrected chi connectivity index (χ0v) is 10.4. The van der Waals surface area contributed by atoms with Crippen molar-refractivity contribution in [3.63, 3.8) is 0 Å². The van der Waals surface area contributed by atoms with Crippen LogP contribution in [0, 0.1) is 5.92 Å². The van der Waals surface area contributed by atoms with E-state index < -0.39 is 0 Å². The second-order valence-electron chi connectivity index (χ2n) is 3.15. The van der Waals surface area contributed by atoms with Crippen molar-refractivity contribution in [2.24, 2.45) is 5.92 Å². The molecule has 0 saturated heterocycles. The van der Waals surface area contributed by atoms with Crippen molar-refractivity contribution in [3.8, 4) is 0 Å². The number of alkyl halides is 1. The third-order valence-corrected chi connectivity index (χ3v) is 3.27. The quantitative estimate of drug-likeness (QED) is 0.477. The van der Waals surface area contributed by atoms with Gasteiger partial charge in [-0.05, 0) is 24.6 Å². The number of hydrogen-bond acceptors (Lipinski definition) is 2. The molecule has 3 heteroatoms. The molecule has 80 valence electrons. The highest BCUT2D eigenvalue weighted by atomic mass is 35.5. The Bertz CT molecular complexity index is 101. The second kappa shape index (κ2) is 10.7. The van der Waals surface area contributed by atoms with Crippen LogP contribution in [0.5, 0.6) is 0 Å². The van der Waals surface area contributed by atoms with E-state index in [1.165, 1.54) is 17.9 Å². The molecule has 0 spiro atoms. The first-order valence-electron chi connectivity index (χ1n) is 5.19. The highest BCUT2D eigenvalue weighted by Crippen LogP contribution is 2.07. The molecule has 0 radical (unpaired) electrons. The molecule has 1 atom stereocenters. The third kappa shape index (κ3) is 8.92. The number of hydrogen-bond donors (Lipinski definition) is 1. The smallest absolute Gasteiger partial charge is 0.0226 e. The zero-order chi connectivity index (χ0) is 9.94. The van der Waals surface area contributed by atoms with E-state index >= 15 is 0 Å². The van der Waals surface area contributed by atoms with Crippen LogP contribution in [-0.4, -0.2) is 30.5 Å². The fraction of sp³-hybridized carbons (Fsp3) is 1.00. The molecule has 0 fully saturated rings. The van der Waals surface area contributed by atoms with E-state index in [-0.39, 0.29) is 0 Å². The van der Waals surface area contributed by atoms with Crippen LogP contribution in [0.4, 0.5) is 0 Å². The van der Waals surface area contributed by atoms with Crippen molar-refractivity contribution in [1.82, 2.24) is 5.32 Å². The summed E-state index contributed by atoms with van der Waals surface area (Å²) in [6.45, 7) is 6.71. The van der Waals surface area contributed by atoms with E-state index in [0.29, 0.717) is 0 Å². The van der Waals surface area contributed by atoms with Crippen molar-refractivity contribution >= 4 is 23.4 Å². The zero-order valence-electron chi connectivity index (χ0n) is 8.81. The summed E-state index contributed by atoms with van der Waals surface area (Å²) < 4.78 is 0. The van der Waals surface area contributed by atoms with E-state index in [4.69, 9.17) is 11.6 Å². The fourth-order valence-corrected chi connectivity index (χ4v) is 2.09. The van der Waals surface area contributed by atoms with Crippen LogP contribution < -0.4 is 5.32 Å². The average Bonchev–Trinajstić information content (AvgIpc) is 2.16. The maximum atomic E-state index is 5.71. The normalized spacial score (nSPS) is 13.2. The number of rotatable bonds is 9. The first-order valence-corrected chi connectivity index (χ1v) is 6.88. The number of halogens is 1. The van der Waals surface area contributed by atoms with E-state index in [9.17, 15) is 0 Å². The van der Waals surface area contributed by atoms with Gasteiger partial charge >= 0.3 is 0 Å². The summed E-state index contributed by atoms with van der Waals surface area (Å²) in [4.78, 5) is 0. The summed E-state index contributed by atoms with van der Waals surface area (Å²) in [5.41, 5.74) is 0. The largest absolute Gasteiger partial charge is 0.316 e. The standard InChI is InChI=1S/C10H22ClNS/c1-3-10(5-6-11)9-12-7-8-13-4-2/h10,12H,3-9H2,1-2H3. The van der Waals surface area contributed by atoms with Gasteiger partial charge in [0.2, 0.25) is 0 Å². The van der Waals surface area contributed by atoms with E-state index in [0.717, 1.165) is 31.3 Å². The first kappa shape index (κ1) is 13.6. The van der Waals surface area contributed by atoms with Crippen LogP contribution in [0.15, 0.2) is 0 Å². The Morgan fingerprint density at radius 1 is 1.38 bits per heavy atom.